The maximum Gasteiger partial charge on any atom is 0.259 e. The predicted octanol–water partition coefficient (Wildman–Crippen LogP) is -0.380. The van der Waals surface area contributed by atoms with Gasteiger partial charge in [0.2, 0.25) is 0 Å². The van der Waals surface area contributed by atoms with Crippen LogP contribution in [-0.4, -0.2) is 14.7 Å². The van der Waals surface area contributed by atoms with Crippen LogP contribution in [0.1, 0.15) is 10.4 Å². The van der Waals surface area contributed by atoms with Crippen molar-refractivity contribution in [1.82, 2.24) is 0 Å². The summed E-state index contributed by atoms with van der Waals surface area (Å²) in [4.78, 5) is 11.0. The maximum atomic E-state index is 11.0. The number of nitrogen functional groups attached to an aromatic ring is 1. The molecular weight excluding hydrogens is 220 g/mol. The van der Waals surface area contributed by atoms with Crippen molar-refractivity contribution >= 4 is 28.5 Å². The molecule has 1 unspecified atom stereocenters. The van der Waals surface area contributed by atoms with Crippen molar-refractivity contribution in [2.75, 3.05) is 10.1 Å². The SMILES string of the molecule is NNc1ccc(NS(=O)O)cc1C(N)=O. The first-order valence-electron chi connectivity index (χ1n) is 3.82. The Hall–Kier alpha value is -1.64. The van der Waals surface area contributed by atoms with E-state index >= 15 is 0 Å². The highest BCUT2D eigenvalue weighted by Crippen LogP contribution is 2.19. The third-order valence-corrected chi connectivity index (χ3v) is 2.06. The first kappa shape index (κ1) is 11.4. The molecule has 0 aliphatic rings. The number of carbonyl (C=O) groups excluding carboxylic acids is 1. The number of hydrogen-bond donors (Lipinski definition) is 5. The lowest BCUT2D eigenvalue weighted by atomic mass is 10.1. The molecule has 0 saturated heterocycles. The van der Waals surface area contributed by atoms with E-state index in [9.17, 15) is 9.00 Å². The molecule has 1 atom stereocenters. The summed E-state index contributed by atoms with van der Waals surface area (Å²) in [5.74, 6) is 4.47. The van der Waals surface area contributed by atoms with Gasteiger partial charge in [-0.2, -0.15) is 0 Å². The van der Waals surface area contributed by atoms with E-state index in [-0.39, 0.29) is 5.56 Å². The van der Waals surface area contributed by atoms with Crippen LogP contribution in [0.2, 0.25) is 0 Å². The lowest BCUT2D eigenvalue weighted by Gasteiger charge is -2.08. The lowest BCUT2D eigenvalue weighted by molar-refractivity contribution is 0.100. The van der Waals surface area contributed by atoms with Crippen molar-refractivity contribution < 1.29 is 13.6 Å². The van der Waals surface area contributed by atoms with Gasteiger partial charge in [-0.1, -0.05) is 0 Å². The number of primary amides is 1. The van der Waals surface area contributed by atoms with Crippen LogP contribution in [0.4, 0.5) is 11.4 Å². The van der Waals surface area contributed by atoms with Crippen molar-refractivity contribution in [3.05, 3.63) is 23.8 Å². The first-order valence-corrected chi connectivity index (χ1v) is 4.93. The van der Waals surface area contributed by atoms with Crippen LogP contribution < -0.4 is 21.7 Å². The van der Waals surface area contributed by atoms with Crippen molar-refractivity contribution in [3.63, 3.8) is 0 Å². The number of carbonyl (C=O) groups is 1. The lowest BCUT2D eigenvalue weighted by Crippen LogP contribution is -2.17. The van der Waals surface area contributed by atoms with Crippen LogP contribution in [0.5, 0.6) is 0 Å². The average Bonchev–Trinajstić information content (AvgIpc) is 2.16. The van der Waals surface area contributed by atoms with Crippen LogP contribution in [-0.2, 0) is 11.3 Å². The predicted molar refractivity (Wildman–Crippen MR) is 57.2 cm³/mol. The summed E-state index contributed by atoms with van der Waals surface area (Å²) in [5.41, 5.74) is 8.15. The van der Waals surface area contributed by atoms with Gasteiger partial charge < -0.3 is 11.2 Å². The Morgan fingerprint density at radius 1 is 1.47 bits per heavy atom. The normalized spacial score (nSPS) is 11.9. The van der Waals surface area contributed by atoms with Crippen LogP contribution in [0, 0.1) is 0 Å². The number of amides is 1. The summed E-state index contributed by atoms with van der Waals surface area (Å²) in [6.45, 7) is 0. The van der Waals surface area contributed by atoms with Crippen LogP contribution in [0.3, 0.4) is 0 Å². The Labute approximate surface area is 88.2 Å². The minimum absolute atomic E-state index is 0.132. The minimum Gasteiger partial charge on any atom is -0.366 e. The number of nitrogens with one attached hydrogen (secondary N) is 2. The molecule has 0 aromatic heterocycles. The van der Waals surface area contributed by atoms with Gasteiger partial charge in [0.25, 0.3) is 17.2 Å². The Kier molecular flexibility index (Phi) is 3.61. The molecule has 0 bridgehead atoms. The van der Waals surface area contributed by atoms with E-state index in [1.807, 2.05) is 0 Å². The summed E-state index contributed by atoms with van der Waals surface area (Å²) in [6.07, 6.45) is 0. The highest BCUT2D eigenvalue weighted by Gasteiger charge is 2.08. The van der Waals surface area contributed by atoms with Crippen LogP contribution in [0.25, 0.3) is 0 Å². The van der Waals surface area contributed by atoms with Gasteiger partial charge in [-0.15, -0.1) is 0 Å². The largest absolute Gasteiger partial charge is 0.366 e. The molecule has 15 heavy (non-hydrogen) atoms. The monoisotopic (exact) mass is 230 g/mol. The third kappa shape index (κ3) is 2.91. The fourth-order valence-corrected chi connectivity index (χ4v) is 1.37. The second kappa shape index (κ2) is 4.73. The maximum absolute atomic E-state index is 11.0. The van der Waals surface area contributed by atoms with Crippen molar-refractivity contribution in [2.24, 2.45) is 11.6 Å². The summed E-state index contributed by atoms with van der Waals surface area (Å²) in [5, 5.41) is 0. The standard InChI is InChI=1S/C7H10N4O3S/c8-7(12)5-3-4(11-15(13)14)1-2-6(5)10-9/h1-3,10-11H,9H2,(H2,8,12)(H,13,14). The summed E-state index contributed by atoms with van der Waals surface area (Å²) >= 11 is -2.20. The molecule has 7 N–H and O–H groups in total. The second-order valence-electron chi connectivity index (χ2n) is 2.62. The third-order valence-electron chi connectivity index (χ3n) is 1.65. The molecule has 1 aromatic rings. The highest BCUT2D eigenvalue weighted by atomic mass is 32.2. The average molecular weight is 230 g/mol. The van der Waals surface area contributed by atoms with E-state index < -0.39 is 17.2 Å². The number of hydrogen-bond acceptors (Lipinski definition) is 4. The molecule has 0 radical (unpaired) electrons. The molecule has 7 nitrogen and oxygen atoms in total. The molecule has 1 aromatic carbocycles. The Bertz CT molecular complexity index is 409. The molecule has 82 valence electrons. The van der Waals surface area contributed by atoms with Crippen LogP contribution in [0.15, 0.2) is 18.2 Å². The van der Waals surface area contributed by atoms with E-state index in [1.165, 1.54) is 18.2 Å². The van der Waals surface area contributed by atoms with Crippen LogP contribution >= 0.6 is 0 Å². The van der Waals surface area contributed by atoms with E-state index in [2.05, 4.69) is 10.1 Å². The molecule has 8 heteroatoms. The molecule has 1 rings (SSSR count). The van der Waals surface area contributed by atoms with Gasteiger partial charge in [-0.05, 0) is 18.2 Å². The highest BCUT2D eigenvalue weighted by molar-refractivity contribution is 7.80. The smallest absolute Gasteiger partial charge is 0.259 e. The van der Waals surface area contributed by atoms with Gasteiger partial charge in [0.1, 0.15) is 0 Å². The van der Waals surface area contributed by atoms with E-state index in [4.69, 9.17) is 16.1 Å². The molecule has 0 aliphatic heterocycles. The zero-order valence-corrected chi connectivity index (χ0v) is 8.38. The molecule has 0 spiro atoms. The Morgan fingerprint density at radius 3 is 2.60 bits per heavy atom. The number of anilines is 2. The second-order valence-corrected chi connectivity index (χ2v) is 3.32. The molecule has 0 fully saturated rings. The van der Waals surface area contributed by atoms with Crippen molar-refractivity contribution in [2.45, 2.75) is 0 Å². The molecule has 0 saturated carbocycles. The van der Waals surface area contributed by atoms with Gasteiger partial charge in [-0.3, -0.25) is 19.9 Å². The minimum atomic E-state index is -2.20. The first-order chi connectivity index (χ1) is 7.04. The summed E-state index contributed by atoms with van der Waals surface area (Å²) in [6, 6.07) is 4.27. The van der Waals surface area contributed by atoms with Gasteiger partial charge >= 0.3 is 0 Å². The topological polar surface area (TPSA) is 130 Å². The summed E-state index contributed by atoms with van der Waals surface area (Å²) in [7, 11) is 0. The van der Waals surface area contributed by atoms with Gasteiger partial charge in [0.05, 0.1) is 11.3 Å². The zero-order chi connectivity index (χ0) is 11.4. The molecule has 0 aliphatic carbocycles. The zero-order valence-electron chi connectivity index (χ0n) is 7.56. The number of nitrogens with two attached hydrogens (primary N) is 2. The Balaban J connectivity index is 3.10. The quantitative estimate of drug-likeness (QED) is 0.273. The van der Waals surface area contributed by atoms with Crippen molar-refractivity contribution in [1.29, 1.82) is 0 Å². The van der Waals surface area contributed by atoms with Gasteiger partial charge in [-0.25, -0.2) is 4.21 Å². The molecular formula is C7H10N4O3S. The van der Waals surface area contributed by atoms with Crippen molar-refractivity contribution in [3.8, 4) is 0 Å². The van der Waals surface area contributed by atoms with E-state index in [1.54, 1.807) is 0 Å². The van der Waals surface area contributed by atoms with E-state index in [0.29, 0.717) is 11.4 Å². The van der Waals surface area contributed by atoms with E-state index in [0.717, 1.165) is 0 Å². The fraction of sp³-hybridized carbons (Fsp3) is 0. The summed E-state index contributed by atoms with van der Waals surface area (Å²) < 4.78 is 21.2. The molecule has 1 amide bonds. The number of benzene rings is 1. The number of rotatable bonds is 4. The molecule has 0 heterocycles. The Morgan fingerprint density at radius 2 is 2.13 bits per heavy atom. The van der Waals surface area contributed by atoms with Gasteiger partial charge in [0, 0.05) is 5.69 Å². The van der Waals surface area contributed by atoms with Gasteiger partial charge in [0.15, 0.2) is 0 Å². The fourth-order valence-electron chi connectivity index (χ4n) is 1.04. The number of hydrazine groups is 1.